The fraction of sp³-hybridized carbons (Fsp3) is 0.769. The topological polar surface area (TPSA) is 119 Å². The van der Waals surface area contributed by atoms with Gasteiger partial charge in [0.1, 0.15) is 6.04 Å². The number of carboxylic acid groups (broad SMARTS) is 2. The highest BCUT2D eigenvalue weighted by molar-refractivity contribution is 5.83. The first kappa shape index (κ1) is 17.2. The number of nitrogens with zero attached hydrogens (tertiary/aromatic N) is 1. The Labute approximate surface area is 123 Å². The Morgan fingerprint density at radius 2 is 2.00 bits per heavy atom. The van der Waals surface area contributed by atoms with Crippen molar-refractivity contribution in [1.29, 1.82) is 0 Å². The second kappa shape index (κ2) is 7.82. The molecule has 1 saturated heterocycles. The molecule has 120 valence electrons. The van der Waals surface area contributed by atoms with Crippen molar-refractivity contribution in [2.24, 2.45) is 0 Å². The third-order valence-electron chi connectivity index (χ3n) is 3.79. The van der Waals surface area contributed by atoms with Crippen molar-refractivity contribution < 1.29 is 24.6 Å². The molecule has 0 spiro atoms. The molecule has 21 heavy (non-hydrogen) atoms. The Bertz CT molecular complexity index is 401. The molecule has 0 radical (unpaired) electrons. The van der Waals surface area contributed by atoms with Crippen molar-refractivity contribution in [2.45, 2.75) is 50.7 Å². The maximum Gasteiger partial charge on any atom is 0.326 e. The molecule has 2 amide bonds. The van der Waals surface area contributed by atoms with Gasteiger partial charge in [-0.1, -0.05) is 0 Å². The van der Waals surface area contributed by atoms with Gasteiger partial charge in [-0.15, -0.1) is 0 Å². The minimum Gasteiger partial charge on any atom is -0.481 e. The van der Waals surface area contributed by atoms with Gasteiger partial charge >= 0.3 is 18.0 Å². The molecule has 0 saturated carbocycles. The molecule has 8 heteroatoms. The summed E-state index contributed by atoms with van der Waals surface area (Å²) in [5.74, 6) is -2.32. The number of aliphatic carboxylic acids is 2. The van der Waals surface area contributed by atoms with Gasteiger partial charge in [0.2, 0.25) is 0 Å². The van der Waals surface area contributed by atoms with Gasteiger partial charge in [0.25, 0.3) is 0 Å². The van der Waals surface area contributed by atoms with Gasteiger partial charge in [0.05, 0.1) is 0 Å². The number of amides is 2. The molecule has 3 atom stereocenters. The summed E-state index contributed by atoms with van der Waals surface area (Å²) in [6, 6.07) is -1.39. The van der Waals surface area contributed by atoms with E-state index in [2.05, 4.69) is 22.5 Å². The third-order valence-corrected chi connectivity index (χ3v) is 3.79. The monoisotopic (exact) mass is 301 g/mol. The zero-order chi connectivity index (χ0) is 16.0. The molecule has 0 aromatic carbocycles. The fourth-order valence-corrected chi connectivity index (χ4v) is 2.33. The van der Waals surface area contributed by atoms with Gasteiger partial charge in [-0.05, 0) is 33.2 Å². The van der Waals surface area contributed by atoms with Gasteiger partial charge < -0.3 is 25.7 Å². The Morgan fingerprint density at radius 1 is 1.33 bits per heavy atom. The lowest BCUT2D eigenvalue weighted by Gasteiger charge is -2.35. The number of piperidine rings is 1. The maximum absolute atomic E-state index is 11.8. The summed E-state index contributed by atoms with van der Waals surface area (Å²) in [7, 11) is 2.02. The normalized spacial score (nSPS) is 24.1. The Hall–Kier alpha value is -1.83. The molecule has 0 aliphatic carbocycles. The highest BCUT2D eigenvalue weighted by Crippen LogP contribution is 2.15. The van der Waals surface area contributed by atoms with E-state index in [0.29, 0.717) is 6.04 Å². The summed E-state index contributed by atoms with van der Waals surface area (Å²) in [4.78, 5) is 35.5. The van der Waals surface area contributed by atoms with Crippen LogP contribution in [0.25, 0.3) is 0 Å². The summed E-state index contributed by atoms with van der Waals surface area (Å²) in [5.41, 5.74) is 0. The van der Waals surface area contributed by atoms with E-state index in [-0.39, 0.29) is 18.9 Å². The Kier molecular flexibility index (Phi) is 6.41. The van der Waals surface area contributed by atoms with Crippen LogP contribution < -0.4 is 10.6 Å². The predicted octanol–water partition coefficient (Wildman–Crippen LogP) is 0.0863. The highest BCUT2D eigenvalue weighted by Gasteiger charge is 2.26. The average molecular weight is 301 g/mol. The van der Waals surface area contributed by atoms with Crippen LogP contribution in [-0.2, 0) is 9.59 Å². The van der Waals surface area contributed by atoms with Crippen molar-refractivity contribution in [2.75, 3.05) is 13.6 Å². The SMILES string of the molecule is CC1CC(NC(=O)N[C@@H](CCC(=O)O)C(=O)O)CCN1C. The van der Waals surface area contributed by atoms with Crippen LogP contribution in [0, 0.1) is 0 Å². The van der Waals surface area contributed by atoms with E-state index < -0.39 is 24.0 Å². The average Bonchev–Trinajstić information content (AvgIpc) is 2.38. The molecule has 0 bridgehead atoms. The molecule has 1 aliphatic heterocycles. The van der Waals surface area contributed by atoms with Crippen molar-refractivity contribution in [1.82, 2.24) is 15.5 Å². The standard InChI is InChI=1S/C13H23N3O5/c1-8-7-9(5-6-16(8)2)14-13(21)15-10(12(19)20)3-4-11(17)18/h8-10H,3-7H2,1-2H3,(H,17,18)(H,19,20)(H2,14,15,21)/t8?,9?,10-/m0/s1. The lowest BCUT2D eigenvalue weighted by atomic mass is 9.99. The van der Waals surface area contributed by atoms with Crippen molar-refractivity contribution >= 4 is 18.0 Å². The number of urea groups is 1. The van der Waals surface area contributed by atoms with Crippen LogP contribution in [-0.4, -0.2) is 64.8 Å². The summed E-state index contributed by atoms with van der Waals surface area (Å²) in [5, 5.41) is 22.6. The zero-order valence-corrected chi connectivity index (χ0v) is 12.3. The fourth-order valence-electron chi connectivity index (χ4n) is 2.33. The van der Waals surface area contributed by atoms with E-state index in [4.69, 9.17) is 10.2 Å². The van der Waals surface area contributed by atoms with Crippen molar-refractivity contribution in [3.8, 4) is 0 Å². The van der Waals surface area contributed by atoms with Crippen molar-refractivity contribution in [3.63, 3.8) is 0 Å². The predicted molar refractivity (Wildman–Crippen MR) is 75.1 cm³/mol. The molecule has 1 aliphatic rings. The van der Waals surface area contributed by atoms with Gasteiger partial charge in [-0.3, -0.25) is 4.79 Å². The van der Waals surface area contributed by atoms with Crippen LogP contribution in [0.4, 0.5) is 4.79 Å². The van der Waals surface area contributed by atoms with Crippen LogP contribution in [0.1, 0.15) is 32.6 Å². The Morgan fingerprint density at radius 3 is 2.52 bits per heavy atom. The third kappa shape index (κ3) is 5.99. The van der Waals surface area contributed by atoms with Gasteiger partial charge in [0.15, 0.2) is 0 Å². The van der Waals surface area contributed by atoms with Crippen LogP contribution in [0.15, 0.2) is 0 Å². The largest absolute Gasteiger partial charge is 0.481 e. The minimum absolute atomic E-state index is 0.00474. The van der Waals surface area contributed by atoms with E-state index >= 15 is 0 Å². The van der Waals surface area contributed by atoms with E-state index in [1.807, 2.05) is 7.05 Å². The molecule has 1 rings (SSSR count). The number of nitrogens with one attached hydrogen (secondary N) is 2. The molecule has 1 fully saturated rings. The second-order valence-electron chi connectivity index (χ2n) is 5.49. The number of hydrogen-bond acceptors (Lipinski definition) is 4. The first-order chi connectivity index (χ1) is 9.79. The van der Waals surface area contributed by atoms with Crippen molar-refractivity contribution in [3.05, 3.63) is 0 Å². The molecule has 0 aromatic rings. The second-order valence-corrected chi connectivity index (χ2v) is 5.49. The number of rotatable bonds is 6. The quantitative estimate of drug-likeness (QED) is 0.552. The van der Waals surface area contributed by atoms with Crippen LogP contribution in [0.2, 0.25) is 0 Å². The summed E-state index contributed by atoms with van der Waals surface area (Å²) in [6.07, 6.45) is 1.17. The van der Waals surface area contributed by atoms with E-state index in [1.165, 1.54) is 0 Å². The minimum atomic E-state index is -1.23. The summed E-state index contributed by atoms with van der Waals surface area (Å²) < 4.78 is 0. The summed E-state index contributed by atoms with van der Waals surface area (Å²) >= 11 is 0. The van der Waals surface area contributed by atoms with Crippen LogP contribution in [0.5, 0.6) is 0 Å². The van der Waals surface area contributed by atoms with Crippen LogP contribution >= 0.6 is 0 Å². The molecule has 8 nitrogen and oxygen atoms in total. The molecule has 1 heterocycles. The molecule has 4 N–H and O–H groups in total. The van der Waals surface area contributed by atoms with E-state index in [1.54, 1.807) is 0 Å². The smallest absolute Gasteiger partial charge is 0.326 e. The lowest BCUT2D eigenvalue weighted by Crippen LogP contribution is -2.52. The first-order valence-corrected chi connectivity index (χ1v) is 7.01. The number of carboxylic acids is 2. The maximum atomic E-state index is 11.8. The van der Waals surface area contributed by atoms with Gasteiger partial charge in [-0.25, -0.2) is 9.59 Å². The van der Waals surface area contributed by atoms with Crippen LogP contribution in [0.3, 0.4) is 0 Å². The van der Waals surface area contributed by atoms with Gasteiger partial charge in [-0.2, -0.15) is 0 Å². The molecule has 0 aromatic heterocycles. The molecular weight excluding hydrogens is 278 g/mol. The first-order valence-electron chi connectivity index (χ1n) is 7.01. The number of carbonyl (C=O) groups excluding carboxylic acids is 1. The number of hydrogen-bond donors (Lipinski definition) is 4. The zero-order valence-electron chi connectivity index (χ0n) is 12.3. The Balaban J connectivity index is 2.43. The highest BCUT2D eigenvalue weighted by atomic mass is 16.4. The lowest BCUT2D eigenvalue weighted by molar-refractivity contribution is -0.140. The number of likely N-dealkylation sites (tertiary alicyclic amines) is 1. The summed E-state index contributed by atoms with van der Waals surface area (Å²) in [6.45, 7) is 2.94. The number of carbonyl (C=O) groups is 3. The van der Waals surface area contributed by atoms with E-state index in [9.17, 15) is 14.4 Å². The van der Waals surface area contributed by atoms with Gasteiger partial charge in [0, 0.05) is 25.0 Å². The van der Waals surface area contributed by atoms with E-state index in [0.717, 1.165) is 19.4 Å². The molecular formula is C13H23N3O5. The molecule has 2 unspecified atom stereocenters.